The molecule has 0 spiro atoms. The van der Waals surface area contributed by atoms with Gasteiger partial charge in [0.25, 0.3) is 5.91 Å². The first-order valence-corrected chi connectivity index (χ1v) is 13.8. The first-order chi connectivity index (χ1) is 16.0. The summed E-state index contributed by atoms with van der Waals surface area (Å²) in [6.45, 7) is 9.28. The number of furan rings is 1. The molecule has 0 aromatic carbocycles. The van der Waals surface area contributed by atoms with Gasteiger partial charge < -0.3 is 19.0 Å². The topological polar surface area (TPSA) is 100 Å². The minimum absolute atomic E-state index is 0.0454. The highest BCUT2D eigenvalue weighted by Crippen LogP contribution is 2.33. The Morgan fingerprint density at radius 2 is 1.53 bits per heavy atom. The van der Waals surface area contributed by atoms with Crippen molar-refractivity contribution in [3.8, 4) is 0 Å². The minimum atomic E-state index is -3.68. The van der Waals surface area contributed by atoms with E-state index < -0.39 is 15.6 Å². The van der Waals surface area contributed by atoms with Gasteiger partial charge in [-0.05, 0) is 72.6 Å². The number of sulfonamides is 1. The first kappa shape index (κ1) is 25.0. The van der Waals surface area contributed by atoms with E-state index in [1.54, 1.807) is 16.7 Å². The number of rotatable bonds is 4. The van der Waals surface area contributed by atoms with Crippen LogP contribution in [0.1, 0.15) is 82.0 Å². The Morgan fingerprint density at radius 3 is 2.21 bits per heavy atom. The number of piperidine rings is 1. The highest BCUT2D eigenvalue weighted by Gasteiger charge is 2.43. The molecule has 0 saturated carbocycles. The molecule has 3 saturated heterocycles. The molecule has 9 nitrogen and oxygen atoms in total. The number of carbonyl (C=O) groups is 2. The third-order valence-corrected chi connectivity index (χ3v) is 8.95. The minimum Gasteiger partial charge on any atom is -0.455 e. The van der Waals surface area contributed by atoms with E-state index in [0.717, 1.165) is 44.9 Å². The van der Waals surface area contributed by atoms with E-state index in [0.29, 0.717) is 26.2 Å². The van der Waals surface area contributed by atoms with Gasteiger partial charge in [0, 0.05) is 32.2 Å². The number of amides is 2. The predicted molar refractivity (Wildman–Crippen MR) is 126 cm³/mol. The van der Waals surface area contributed by atoms with Crippen LogP contribution in [0.4, 0.5) is 4.79 Å². The number of aryl methyl sites for hydroxylation is 1. The highest BCUT2D eigenvalue weighted by atomic mass is 32.2. The van der Waals surface area contributed by atoms with Crippen molar-refractivity contribution in [2.75, 3.05) is 26.2 Å². The van der Waals surface area contributed by atoms with Gasteiger partial charge in [0.05, 0.1) is 12.1 Å². The van der Waals surface area contributed by atoms with Gasteiger partial charge in [-0.2, -0.15) is 4.31 Å². The SMILES string of the molecule is Cc1oc(C(=O)N2CCCC[C@@H]2[C@@H]2CCCN2C(=O)OC(C)(C)C)cc1S(=O)(=O)N1CCCC1. The van der Waals surface area contributed by atoms with Crippen LogP contribution in [0.5, 0.6) is 0 Å². The molecule has 34 heavy (non-hydrogen) atoms. The van der Waals surface area contributed by atoms with Crippen molar-refractivity contribution in [3.63, 3.8) is 0 Å². The Bertz CT molecular complexity index is 1020. The van der Waals surface area contributed by atoms with Crippen LogP contribution in [0.3, 0.4) is 0 Å². The van der Waals surface area contributed by atoms with Crippen LogP contribution >= 0.6 is 0 Å². The molecule has 1 aromatic heterocycles. The van der Waals surface area contributed by atoms with Crippen LogP contribution in [-0.4, -0.2) is 78.4 Å². The largest absolute Gasteiger partial charge is 0.455 e. The van der Waals surface area contributed by atoms with Gasteiger partial charge >= 0.3 is 6.09 Å². The molecule has 1 aromatic rings. The van der Waals surface area contributed by atoms with Crippen molar-refractivity contribution < 1.29 is 27.2 Å². The maximum Gasteiger partial charge on any atom is 0.410 e. The molecular weight excluding hydrogens is 458 g/mol. The summed E-state index contributed by atoms with van der Waals surface area (Å²) < 4.78 is 38.9. The maximum atomic E-state index is 13.6. The van der Waals surface area contributed by atoms with E-state index in [-0.39, 0.29) is 40.5 Å². The van der Waals surface area contributed by atoms with Crippen LogP contribution in [0, 0.1) is 6.92 Å². The number of hydrogen-bond acceptors (Lipinski definition) is 6. The molecule has 3 aliphatic rings. The summed E-state index contributed by atoms with van der Waals surface area (Å²) >= 11 is 0. The zero-order chi connectivity index (χ0) is 24.7. The van der Waals surface area contributed by atoms with E-state index >= 15 is 0 Å². The molecule has 190 valence electrons. The van der Waals surface area contributed by atoms with E-state index in [1.165, 1.54) is 10.4 Å². The van der Waals surface area contributed by atoms with Crippen molar-refractivity contribution in [2.45, 2.75) is 95.2 Å². The van der Waals surface area contributed by atoms with Crippen molar-refractivity contribution >= 4 is 22.0 Å². The number of nitrogens with zero attached hydrogens (tertiary/aromatic N) is 3. The molecule has 0 unspecified atom stereocenters. The van der Waals surface area contributed by atoms with Gasteiger partial charge in [-0.25, -0.2) is 13.2 Å². The maximum absolute atomic E-state index is 13.6. The Labute approximate surface area is 202 Å². The smallest absolute Gasteiger partial charge is 0.410 e. The Morgan fingerprint density at radius 1 is 0.941 bits per heavy atom. The molecule has 4 heterocycles. The summed E-state index contributed by atoms with van der Waals surface area (Å²) in [5, 5.41) is 0. The second-order valence-electron chi connectivity index (χ2n) is 10.6. The Balaban J connectivity index is 1.56. The lowest BCUT2D eigenvalue weighted by molar-refractivity contribution is 0.00710. The third kappa shape index (κ3) is 4.98. The molecule has 0 aliphatic carbocycles. The zero-order valence-corrected chi connectivity index (χ0v) is 21.5. The monoisotopic (exact) mass is 495 g/mol. The number of carbonyl (C=O) groups excluding carboxylic acids is 2. The lowest BCUT2D eigenvalue weighted by atomic mass is 9.93. The Kier molecular flexibility index (Phi) is 7.01. The lowest BCUT2D eigenvalue weighted by Gasteiger charge is -2.42. The van der Waals surface area contributed by atoms with Gasteiger partial charge in [0.1, 0.15) is 16.3 Å². The van der Waals surface area contributed by atoms with Crippen molar-refractivity contribution in [1.82, 2.24) is 14.1 Å². The van der Waals surface area contributed by atoms with Gasteiger partial charge in [-0.15, -0.1) is 0 Å². The molecule has 2 amide bonds. The summed E-state index contributed by atoms with van der Waals surface area (Å²) in [6.07, 6.45) is 5.62. The average molecular weight is 496 g/mol. The van der Waals surface area contributed by atoms with Crippen LogP contribution in [-0.2, 0) is 14.8 Å². The molecule has 3 fully saturated rings. The zero-order valence-electron chi connectivity index (χ0n) is 20.7. The van der Waals surface area contributed by atoms with E-state index in [4.69, 9.17) is 9.15 Å². The lowest BCUT2D eigenvalue weighted by Crippen LogP contribution is -2.55. The van der Waals surface area contributed by atoms with Crippen molar-refractivity contribution in [3.05, 3.63) is 17.6 Å². The predicted octanol–water partition coefficient (Wildman–Crippen LogP) is 3.77. The fourth-order valence-corrected chi connectivity index (χ4v) is 7.06. The molecule has 3 aliphatic heterocycles. The van der Waals surface area contributed by atoms with E-state index in [1.807, 2.05) is 20.8 Å². The molecule has 0 bridgehead atoms. The van der Waals surface area contributed by atoms with Gasteiger partial charge in [-0.1, -0.05) is 0 Å². The molecular formula is C24H37N3O6S. The quantitative estimate of drug-likeness (QED) is 0.630. The number of hydrogen-bond donors (Lipinski definition) is 0. The van der Waals surface area contributed by atoms with Crippen LogP contribution in [0.15, 0.2) is 15.4 Å². The number of likely N-dealkylation sites (tertiary alicyclic amines) is 2. The van der Waals surface area contributed by atoms with E-state index in [2.05, 4.69) is 0 Å². The number of ether oxygens (including phenoxy) is 1. The van der Waals surface area contributed by atoms with Crippen LogP contribution in [0.25, 0.3) is 0 Å². The fraction of sp³-hybridized carbons (Fsp3) is 0.750. The summed E-state index contributed by atoms with van der Waals surface area (Å²) in [6, 6.07) is 1.11. The third-order valence-electron chi connectivity index (χ3n) is 6.95. The molecule has 4 rings (SSSR count). The molecule has 2 atom stereocenters. The van der Waals surface area contributed by atoms with Gasteiger partial charge in [-0.3, -0.25) is 4.79 Å². The Hall–Kier alpha value is -2.07. The second-order valence-corrected chi connectivity index (χ2v) is 12.5. The van der Waals surface area contributed by atoms with Crippen LogP contribution < -0.4 is 0 Å². The van der Waals surface area contributed by atoms with Gasteiger partial charge in [0.2, 0.25) is 10.0 Å². The van der Waals surface area contributed by atoms with Crippen molar-refractivity contribution in [2.24, 2.45) is 0 Å². The molecule has 10 heteroatoms. The highest BCUT2D eigenvalue weighted by molar-refractivity contribution is 7.89. The van der Waals surface area contributed by atoms with Crippen molar-refractivity contribution in [1.29, 1.82) is 0 Å². The summed E-state index contributed by atoms with van der Waals surface area (Å²) in [7, 11) is -3.68. The fourth-order valence-electron chi connectivity index (χ4n) is 5.39. The average Bonchev–Trinajstić information content (AvgIpc) is 3.52. The van der Waals surface area contributed by atoms with E-state index in [9.17, 15) is 18.0 Å². The molecule has 0 N–H and O–H groups in total. The summed E-state index contributed by atoms with van der Waals surface area (Å²) in [5.41, 5.74) is -0.588. The summed E-state index contributed by atoms with van der Waals surface area (Å²) in [5.74, 6) is -0.0317. The second kappa shape index (κ2) is 9.53. The van der Waals surface area contributed by atoms with Crippen LogP contribution in [0.2, 0.25) is 0 Å². The normalized spacial score (nSPS) is 24.6. The first-order valence-electron chi connectivity index (χ1n) is 12.4. The van der Waals surface area contributed by atoms with Gasteiger partial charge in [0.15, 0.2) is 5.76 Å². The molecule has 0 radical (unpaired) electrons. The summed E-state index contributed by atoms with van der Waals surface area (Å²) in [4.78, 5) is 30.0. The standard InChI is InChI=1S/C24H37N3O6S/c1-17-21(34(30,31)25-12-7-8-13-25)16-20(32-17)22(28)26-14-6-5-10-18(26)19-11-9-15-27(19)23(29)33-24(2,3)4/h16,18-19H,5-15H2,1-4H3/t18-,19+/m1/s1.